The van der Waals surface area contributed by atoms with Gasteiger partial charge in [0.05, 0.1) is 0 Å². The Bertz CT molecular complexity index is 825. The van der Waals surface area contributed by atoms with Gasteiger partial charge in [0.25, 0.3) is 0 Å². The number of hydrogen-bond donors (Lipinski definition) is 0. The van der Waals surface area contributed by atoms with Crippen molar-refractivity contribution in [2.24, 2.45) is 10.4 Å². The summed E-state index contributed by atoms with van der Waals surface area (Å²) in [6.07, 6.45) is 0. The largest absolute Gasteiger partial charge is 0.323 e. The molecule has 2 heterocycles. The summed E-state index contributed by atoms with van der Waals surface area (Å²) in [5, 5.41) is 3.29. The highest BCUT2D eigenvalue weighted by Gasteiger charge is 2.37. The van der Waals surface area contributed by atoms with Crippen molar-refractivity contribution in [3.63, 3.8) is 0 Å². The molecule has 0 radical (unpaired) electrons. The first-order valence-electron chi connectivity index (χ1n) is 8.53. The molecule has 0 bridgehead atoms. The number of allylic oxidation sites excluding steroid dienone is 1. The molecule has 0 aromatic heterocycles. The predicted molar refractivity (Wildman–Crippen MR) is 103 cm³/mol. The van der Waals surface area contributed by atoms with Crippen molar-refractivity contribution in [2.45, 2.75) is 19.8 Å². The van der Waals surface area contributed by atoms with Crippen molar-refractivity contribution >= 4 is 16.9 Å². The van der Waals surface area contributed by atoms with E-state index >= 15 is 0 Å². The Morgan fingerprint density at radius 2 is 1.72 bits per heavy atom. The Kier molecular flexibility index (Phi) is 4.16. The molecule has 0 saturated heterocycles. The molecule has 1 unspecified atom stereocenters. The van der Waals surface area contributed by atoms with Crippen LogP contribution in [-0.2, 0) is 0 Å². The molecule has 0 N–H and O–H groups in total. The number of amidine groups is 1. The van der Waals surface area contributed by atoms with Gasteiger partial charge in [-0.1, -0.05) is 68.1 Å². The van der Waals surface area contributed by atoms with E-state index in [2.05, 4.69) is 48.4 Å². The molecule has 0 aliphatic carbocycles. The van der Waals surface area contributed by atoms with Gasteiger partial charge in [0, 0.05) is 30.1 Å². The SMILES string of the molecule is CC1(C)CN=C2SC=C(C(c3ccccc3)c3ccc(F)cc3)N2C1. The number of thioether (sulfide) groups is 1. The van der Waals surface area contributed by atoms with E-state index < -0.39 is 0 Å². The lowest BCUT2D eigenvalue weighted by molar-refractivity contribution is 0.271. The van der Waals surface area contributed by atoms with E-state index in [1.165, 1.54) is 11.3 Å². The second-order valence-electron chi connectivity index (χ2n) is 7.40. The summed E-state index contributed by atoms with van der Waals surface area (Å²) in [6, 6.07) is 17.3. The minimum Gasteiger partial charge on any atom is -0.323 e. The van der Waals surface area contributed by atoms with E-state index in [9.17, 15) is 4.39 Å². The van der Waals surface area contributed by atoms with Crippen LogP contribution in [0, 0.1) is 11.2 Å². The number of aliphatic imine (C=N–C) groups is 1. The lowest BCUT2D eigenvalue weighted by atomic mass is 9.86. The van der Waals surface area contributed by atoms with Crippen molar-refractivity contribution in [2.75, 3.05) is 13.1 Å². The van der Waals surface area contributed by atoms with E-state index in [0.717, 1.165) is 23.8 Å². The Balaban J connectivity index is 1.78. The van der Waals surface area contributed by atoms with Crippen LogP contribution in [-0.4, -0.2) is 23.2 Å². The summed E-state index contributed by atoms with van der Waals surface area (Å²) in [7, 11) is 0. The topological polar surface area (TPSA) is 15.6 Å². The van der Waals surface area contributed by atoms with Crippen LogP contribution in [0.5, 0.6) is 0 Å². The fourth-order valence-corrected chi connectivity index (χ4v) is 4.38. The number of rotatable bonds is 3. The molecule has 0 amide bonds. The molecule has 2 aliphatic rings. The van der Waals surface area contributed by atoms with Gasteiger partial charge >= 0.3 is 0 Å². The van der Waals surface area contributed by atoms with Gasteiger partial charge in [-0.15, -0.1) is 0 Å². The van der Waals surface area contributed by atoms with Crippen molar-refractivity contribution < 1.29 is 4.39 Å². The zero-order valence-corrected chi connectivity index (χ0v) is 15.3. The molecular weight excluding hydrogens is 331 g/mol. The van der Waals surface area contributed by atoms with Gasteiger partial charge in [0.2, 0.25) is 0 Å². The van der Waals surface area contributed by atoms with Gasteiger partial charge < -0.3 is 4.90 Å². The second kappa shape index (κ2) is 6.34. The molecule has 2 aliphatic heterocycles. The van der Waals surface area contributed by atoms with Gasteiger partial charge in [-0.05, 0) is 28.7 Å². The molecule has 128 valence electrons. The summed E-state index contributed by atoms with van der Waals surface area (Å²) < 4.78 is 13.5. The molecule has 1 atom stereocenters. The standard InChI is InChI=1S/C21H21FN2S/c1-21(2)13-23-20-24(14-21)18(12-25-20)19(15-6-4-3-5-7-15)16-8-10-17(22)11-9-16/h3-12,19H,13-14H2,1-2H3. The Morgan fingerprint density at radius 1 is 1.04 bits per heavy atom. The van der Waals surface area contributed by atoms with E-state index in [1.807, 2.05) is 18.2 Å². The van der Waals surface area contributed by atoms with Crippen molar-refractivity contribution in [1.82, 2.24) is 4.90 Å². The van der Waals surface area contributed by atoms with Crippen LogP contribution < -0.4 is 0 Å². The summed E-state index contributed by atoms with van der Waals surface area (Å²) in [4.78, 5) is 7.11. The van der Waals surface area contributed by atoms with Gasteiger partial charge in [0.1, 0.15) is 5.82 Å². The predicted octanol–water partition coefficient (Wildman–Crippen LogP) is 5.24. The second-order valence-corrected chi connectivity index (χ2v) is 8.24. The van der Waals surface area contributed by atoms with E-state index in [4.69, 9.17) is 4.99 Å². The van der Waals surface area contributed by atoms with Crippen molar-refractivity contribution in [3.8, 4) is 0 Å². The van der Waals surface area contributed by atoms with Gasteiger partial charge in [0.15, 0.2) is 5.17 Å². The van der Waals surface area contributed by atoms with E-state index in [1.54, 1.807) is 23.9 Å². The van der Waals surface area contributed by atoms with Crippen LogP contribution in [0.25, 0.3) is 0 Å². The van der Waals surface area contributed by atoms with E-state index in [0.29, 0.717) is 0 Å². The summed E-state index contributed by atoms with van der Waals surface area (Å²) >= 11 is 1.70. The Labute approximate surface area is 152 Å². The minimum absolute atomic E-state index is 0.0795. The Hall–Kier alpha value is -2.07. The molecule has 4 heteroatoms. The average molecular weight is 352 g/mol. The smallest absolute Gasteiger partial charge is 0.167 e. The van der Waals surface area contributed by atoms with Crippen LogP contribution >= 0.6 is 11.8 Å². The lowest BCUT2D eigenvalue weighted by Gasteiger charge is -2.38. The molecule has 0 saturated carbocycles. The first kappa shape index (κ1) is 16.4. The monoisotopic (exact) mass is 352 g/mol. The summed E-state index contributed by atoms with van der Waals surface area (Å²) in [6.45, 7) is 6.32. The van der Waals surface area contributed by atoms with Crippen molar-refractivity contribution in [3.05, 3.63) is 82.6 Å². The highest BCUT2D eigenvalue weighted by atomic mass is 32.2. The van der Waals surface area contributed by atoms with Crippen LogP contribution in [0.2, 0.25) is 0 Å². The van der Waals surface area contributed by atoms with Gasteiger partial charge in [-0.3, -0.25) is 4.99 Å². The van der Waals surface area contributed by atoms with Crippen LogP contribution in [0.1, 0.15) is 30.9 Å². The van der Waals surface area contributed by atoms with Gasteiger partial charge in [-0.25, -0.2) is 4.39 Å². The maximum Gasteiger partial charge on any atom is 0.167 e. The van der Waals surface area contributed by atoms with Crippen LogP contribution in [0.15, 0.2) is 70.7 Å². The maximum atomic E-state index is 13.5. The minimum atomic E-state index is -0.202. The number of nitrogens with zero attached hydrogens (tertiary/aromatic N) is 2. The molecule has 2 nitrogen and oxygen atoms in total. The van der Waals surface area contributed by atoms with Crippen LogP contribution in [0.3, 0.4) is 0 Å². The molecule has 0 fully saturated rings. The first-order valence-corrected chi connectivity index (χ1v) is 9.41. The molecular formula is C21H21FN2S. The average Bonchev–Trinajstić information content (AvgIpc) is 2.99. The number of benzene rings is 2. The maximum absolute atomic E-state index is 13.5. The van der Waals surface area contributed by atoms with Crippen LogP contribution in [0.4, 0.5) is 4.39 Å². The third kappa shape index (κ3) is 3.23. The fourth-order valence-electron chi connectivity index (χ4n) is 3.45. The molecule has 25 heavy (non-hydrogen) atoms. The highest BCUT2D eigenvalue weighted by molar-refractivity contribution is 8.16. The highest BCUT2D eigenvalue weighted by Crippen LogP contribution is 2.43. The molecule has 0 spiro atoms. The quantitative estimate of drug-likeness (QED) is 0.750. The molecule has 2 aromatic carbocycles. The fraction of sp³-hybridized carbons (Fsp3) is 0.286. The normalized spacial score (nSPS) is 19.9. The number of hydrogen-bond acceptors (Lipinski definition) is 3. The molecule has 4 rings (SSSR count). The zero-order chi connectivity index (χ0) is 17.4. The number of fused-ring (bicyclic) bond motifs is 1. The van der Waals surface area contributed by atoms with E-state index in [-0.39, 0.29) is 17.2 Å². The summed E-state index contributed by atoms with van der Waals surface area (Å²) in [5.41, 5.74) is 3.70. The zero-order valence-electron chi connectivity index (χ0n) is 14.4. The first-order chi connectivity index (χ1) is 12.0. The Morgan fingerprint density at radius 3 is 2.44 bits per heavy atom. The number of halogens is 1. The third-order valence-electron chi connectivity index (χ3n) is 4.69. The molecule has 2 aromatic rings. The van der Waals surface area contributed by atoms with Crippen molar-refractivity contribution in [1.29, 1.82) is 0 Å². The third-order valence-corrected chi connectivity index (χ3v) is 5.61. The summed E-state index contributed by atoms with van der Waals surface area (Å²) in [5.74, 6) is -0.123. The lowest BCUT2D eigenvalue weighted by Crippen LogP contribution is -2.41. The van der Waals surface area contributed by atoms with Gasteiger partial charge in [-0.2, -0.15) is 0 Å².